The van der Waals surface area contributed by atoms with Crippen LogP contribution >= 0.6 is 0 Å². The molecule has 3 atom stereocenters. The molecular weight excluding hydrogens is 472 g/mol. The van der Waals surface area contributed by atoms with Crippen LogP contribution in [0.5, 0.6) is 0 Å². The van der Waals surface area contributed by atoms with Gasteiger partial charge in [0.25, 0.3) is 11.8 Å². The molecule has 0 bridgehead atoms. The van der Waals surface area contributed by atoms with Crippen LogP contribution < -0.4 is 9.47 Å². The van der Waals surface area contributed by atoms with Gasteiger partial charge in [-0.05, 0) is 30.6 Å². The molecule has 0 spiro atoms. The van der Waals surface area contributed by atoms with Crippen LogP contribution in [0.2, 0.25) is 0 Å². The van der Waals surface area contributed by atoms with Crippen molar-refractivity contribution in [2.45, 2.75) is 38.4 Å². The highest BCUT2D eigenvalue weighted by molar-refractivity contribution is 6.09. The van der Waals surface area contributed by atoms with Gasteiger partial charge in [-0.3, -0.25) is 19.3 Å². The van der Waals surface area contributed by atoms with Gasteiger partial charge in [0.15, 0.2) is 18.9 Å². The van der Waals surface area contributed by atoms with E-state index in [0.29, 0.717) is 43.6 Å². The van der Waals surface area contributed by atoms with Gasteiger partial charge in [0.1, 0.15) is 17.4 Å². The Balaban J connectivity index is 1.26. The fourth-order valence-corrected chi connectivity index (χ4v) is 6.19. The lowest BCUT2D eigenvalue weighted by Crippen LogP contribution is -2.69. The Hall–Kier alpha value is -4.27. The third-order valence-corrected chi connectivity index (χ3v) is 7.83. The van der Waals surface area contributed by atoms with Crippen molar-refractivity contribution in [1.82, 2.24) is 9.80 Å². The van der Waals surface area contributed by atoms with Crippen LogP contribution in [0, 0.1) is 5.92 Å². The summed E-state index contributed by atoms with van der Waals surface area (Å²) < 4.78 is 2.03. The molecule has 3 amide bonds. The summed E-state index contributed by atoms with van der Waals surface area (Å²) in [6.07, 6.45) is 6.46. The molecule has 1 aromatic heterocycles. The predicted molar refractivity (Wildman–Crippen MR) is 132 cm³/mol. The molecule has 0 radical (unpaired) electrons. The van der Waals surface area contributed by atoms with E-state index in [9.17, 15) is 24.3 Å². The van der Waals surface area contributed by atoms with Gasteiger partial charge < -0.3 is 14.9 Å². The van der Waals surface area contributed by atoms with Crippen molar-refractivity contribution >= 4 is 29.4 Å². The van der Waals surface area contributed by atoms with E-state index >= 15 is 0 Å². The first kappa shape index (κ1) is 23.1. The summed E-state index contributed by atoms with van der Waals surface area (Å²) in [7, 11) is 0. The summed E-state index contributed by atoms with van der Waals surface area (Å²) >= 11 is 0. The third-order valence-electron chi connectivity index (χ3n) is 7.83. The number of aromatic nitrogens is 1. The number of carboxylic acids is 1. The molecule has 9 heteroatoms. The molecule has 0 unspecified atom stereocenters. The van der Waals surface area contributed by atoms with Crippen molar-refractivity contribution < 1.29 is 28.9 Å². The van der Waals surface area contributed by atoms with Crippen LogP contribution in [0.15, 0.2) is 77.8 Å². The maximum atomic E-state index is 13.4. The Morgan fingerprint density at radius 2 is 1.92 bits per heavy atom. The number of allylic oxidation sites excluding steroid dienone is 2. The molecule has 0 saturated carbocycles. The van der Waals surface area contributed by atoms with Crippen LogP contribution in [0.25, 0.3) is 0 Å². The van der Waals surface area contributed by atoms with Gasteiger partial charge >= 0.3 is 5.97 Å². The molecule has 3 saturated heterocycles. The number of carboxylic acid groups (broad SMARTS) is 1. The Bertz CT molecular complexity index is 1400. The first-order valence-corrected chi connectivity index (χ1v) is 12.5. The molecule has 1 aromatic carbocycles. The molecule has 2 aromatic rings. The van der Waals surface area contributed by atoms with Crippen LogP contribution in [-0.4, -0.2) is 63.8 Å². The van der Waals surface area contributed by atoms with E-state index in [-0.39, 0.29) is 35.4 Å². The maximum absolute atomic E-state index is 13.4. The number of β-lactam (4-membered cyclic amide) rings is 1. The number of aliphatic carboxylic acids is 1. The van der Waals surface area contributed by atoms with Gasteiger partial charge in [0.05, 0.1) is 6.04 Å². The molecule has 37 heavy (non-hydrogen) atoms. The molecule has 4 aliphatic rings. The monoisotopic (exact) mass is 499 g/mol. The summed E-state index contributed by atoms with van der Waals surface area (Å²) in [5.41, 5.74) is 2.86. The number of amides is 3. The van der Waals surface area contributed by atoms with E-state index in [1.54, 1.807) is 15.9 Å². The van der Waals surface area contributed by atoms with Crippen molar-refractivity contribution in [3.05, 3.63) is 83.3 Å². The van der Waals surface area contributed by atoms with E-state index in [0.717, 1.165) is 11.3 Å². The second kappa shape index (κ2) is 8.69. The van der Waals surface area contributed by atoms with E-state index in [2.05, 4.69) is 12.1 Å². The number of hydrogen-bond donors (Lipinski definition) is 1. The van der Waals surface area contributed by atoms with E-state index in [1.165, 1.54) is 11.8 Å². The average Bonchev–Trinajstić information content (AvgIpc) is 3.43. The molecule has 0 aliphatic carbocycles. The normalized spacial score (nSPS) is 25.6. The lowest BCUT2D eigenvalue weighted by molar-refractivity contribution is -0.687. The highest BCUT2D eigenvalue weighted by Crippen LogP contribution is 2.47. The second-order valence-electron chi connectivity index (χ2n) is 10.1. The Kier molecular flexibility index (Phi) is 5.43. The number of rotatable bonds is 5. The second-order valence-corrected chi connectivity index (χ2v) is 10.1. The first-order chi connectivity index (χ1) is 17.8. The molecule has 4 aliphatic heterocycles. The van der Waals surface area contributed by atoms with Crippen molar-refractivity contribution in [2.75, 3.05) is 18.0 Å². The summed E-state index contributed by atoms with van der Waals surface area (Å²) in [5.74, 6) is -1.94. The quantitative estimate of drug-likeness (QED) is 0.382. The minimum Gasteiger partial charge on any atom is -0.477 e. The zero-order chi connectivity index (χ0) is 25.8. The summed E-state index contributed by atoms with van der Waals surface area (Å²) in [4.78, 5) is 55.1. The SMILES string of the molecule is CC(=O)N1C[C@H]2CC(/C=C3\CCN(c4ccc[n+](Cc5ccccc5)c4)C3=O)=C(C(=O)O)N3C(=O)[C@@H]1[C@@H]23. The number of carbonyl (C=O) groups excluding carboxylic acids is 3. The molecule has 1 N–H and O–H groups in total. The fraction of sp³-hybridized carbons (Fsp3) is 0.321. The smallest absolute Gasteiger partial charge is 0.352 e. The lowest BCUT2D eigenvalue weighted by atomic mass is 9.79. The standard InChI is InChI=1S/C28H26N4O5/c1-17(33)31-15-21-13-20(24(28(36)37)32-23(21)25(31)27(32)35)12-19-9-11-30(26(19)34)22-8-5-10-29(16-22)14-18-6-3-2-4-7-18/h2-8,10,12,16,21,23,25H,9,11,13-15H2,1H3/p+1/b19-12+/t21-,23-,25+/m1/s1. The summed E-state index contributed by atoms with van der Waals surface area (Å²) in [6.45, 7) is 3.02. The van der Waals surface area contributed by atoms with Crippen molar-refractivity contribution in [1.29, 1.82) is 0 Å². The first-order valence-electron chi connectivity index (χ1n) is 12.5. The van der Waals surface area contributed by atoms with Gasteiger partial charge in [-0.15, -0.1) is 0 Å². The number of nitrogens with zero attached hydrogens (tertiary/aromatic N) is 4. The molecule has 3 fully saturated rings. The third kappa shape index (κ3) is 3.73. The van der Waals surface area contributed by atoms with Gasteiger partial charge in [-0.25, -0.2) is 4.79 Å². The minimum absolute atomic E-state index is 0.0415. The van der Waals surface area contributed by atoms with Crippen molar-refractivity contribution in [3.8, 4) is 0 Å². The lowest BCUT2D eigenvalue weighted by Gasteiger charge is -2.49. The Labute approximate surface area is 213 Å². The van der Waals surface area contributed by atoms with Crippen LogP contribution in [0.4, 0.5) is 5.69 Å². The van der Waals surface area contributed by atoms with Crippen LogP contribution in [0.1, 0.15) is 25.3 Å². The number of hydrogen-bond acceptors (Lipinski definition) is 4. The number of pyridine rings is 1. The minimum atomic E-state index is -1.19. The largest absolute Gasteiger partial charge is 0.477 e. The Morgan fingerprint density at radius 3 is 2.65 bits per heavy atom. The van der Waals surface area contributed by atoms with Gasteiger partial charge in [-0.2, -0.15) is 4.57 Å². The summed E-state index contributed by atoms with van der Waals surface area (Å²) in [6, 6.07) is 13.0. The van der Waals surface area contributed by atoms with Gasteiger partial charge in [0, 0.05) is 43.1 Å². The fourth-order valence-electron chi connectivity index (χ4n) is 6.19. The summed E-state index contributed by atoms with van der Waals surface area (Å²) in [5, 5.41) is 9.98. The zero-order valence-corrected chi connectivity index (χ0v) is 20.4. The van der Waals surface area contributed by atoms with Crippen molar-refractivity contribution in [3.63, 3.8) is 0 Å². The average molecular weight is 500 g/mol. The number of likely N-dealkylation sites (tertiary alicyclic amines) is 1. The zero-order valence-electron chi connectivity index (χ0n) is 20.4. The van der Waals surface area contributed by atoms with E-state index in [1.807, 2.05) is 47.3 Å². The number of anilines is 1. The number of carbonyl (C=O) groups is 4. The molecule has 6 rings (SSSR count). The van der Waals surface area contributed by atoms with E-state index < -0.39 is 12.0 Å². The van der Waals surface area contributed by atoms with E-state index in [4.69, 9.17) is 0 Å². The predicted octanol–water partition coefficient (Wildman–Crippen LogP) is 1.49. The van der Waals surface area contributed by atoms with Crippen molar-refractivity contribution in [2.24, 2.45) is 5.92 Å². The van der Waals surface area contributed by atoms with Crippen LogP contribution in [0.3, 0.4) is 0 Å². The maximum Gasteiger partial charge on any atom is 0.352 e. The van der Waals surface area contributed by atoms with Crippen LogP contribution in [-0.2, 0) is 25.7 Å². The van der Waals surface area contributed by atoms with Gasteiger partial charge in [-0.1, -0.05) is 30.3 Å². The highest BCUT2D eigenvalue weighted by atomic mass is 16.4. The molecule has 9 nitrogen and oxygen atoms in total. The van der Waals surface area contributed by atoms with Gasteiger partial charge in [0.2, 0.25) is 5.91 Å². The highest BCUT2D eigenvalue weighted by Gasteiger charge is 2.63. The molecule has 5 heterocycles. The number of benzene rings is 1. The Morgan fingerprint density at radius 1 is 1.14 bits per heavy atom. The molecule has 188 valence electrons. The molecular formula is C28H27N4O5+. The topological polar surface area (TPSA) is 102 Å².